The minimum Gasteiger partial charge on any atom is -0.313 e. The molecule has 1 aliphatic rings. The van der Waals surface area contributed by atoms with Gasteiger partial charge in [0.05, 0.1) is 10.6 Å². The molecule has 0 amide bonds. The lowest BCUT2D eigenvalue weighted by molar-refractivity contribution is 0.577. The molecule has 1 saturated heterocycles. The number of nitrogens with zero attached hydrogens (tertiary/aromatic N) is 1. The van der Waals surface area contributed by atoms with Crippen molar-refractivity contribution in [1.29, 1.82) is 0 Å². The Hall–Kier alpha value is -0.650. The van der Waals surface area contributed by atoms with Crippen molar-refractivity contribution in [2.45, 2.75) is 23.8 Å². The molecule has 0 spiro atoms. The average Bonchev–Trinajstić information content (AvgIpc) is 2.71. The number of halogens is 1. The van der Waals surface area contributed by atoms with Crippen molar-refractivity contribution in [3.05, 3.63) is 24.5 Å². The van der Waals surface area contributed by atoms with Gasteiger partial charge in [-0.15, -0.1) is 12.4 Å². The first-order valence-electron chi connectivity index (χ1n) is 5.05. The van der Waals surface area contributed by atoms with E-state index in [4.69, 9.17) is 0 Å². The Kier molecular flexibility index (Phi) is 4.70. The normalized spacial score (nSPS) is 20.4. The van der Waals surface area contributed by atoms with Crippen molar-refractivity contribution in [2.75, 3.05) is 12.3 Å². The Labute approximate surface area is 102 Å². The van der Waals surface area contributed by atoms with Gasteiger partial charge in [-0.3, -0.25) is 4.98 Å². The van der Waals surface area contributed by atoms with E-state index in [-0.39, 0.29) is 24.2 Å². The Morgan fingerprint density at radius 3 is 2.62 bits per heavy atom. The molecule has 2 heterocycles. The van der Waals surface area contributed by atoms with E-state index in [0.717, 1.165) is 19.4 Å². The molecule has 1 aromatic rings. The van der Waals surface area contributed by atoms with Gasteiger partial charge in [-0.2, -0.15) is 0 Å². The highest BCUT2D eigenvalue weighted by Crippen LogP contribution is 2.14. The molecule has 1 aromatic heterocycles. The molecule has 90 valence electrons. The van der Waals surface area contributed by atoms with Crippen LogP contribution in [0.1, 0.15) is 12.8 Å². The number of pyridine rings is 1. The van der Waals surface area contributed by atoms with Gasteiger partial charge in [0.15, 0.2) is 9.84 Å². The maximum Gasteiger partial charge on any atom is 0.180 e. The van der Waals surface area contributed by atoms with Crippen LogP contribution in [-0.2, 0) is 9.84 Å². The molecule has 1 atom stereocenters. The first-order chi connectivity index (χ1) is 7.18. The van der Waals surface area contributed by atoms with Crippen LogP contribution in [-0.4, -0.2) is 31.7 Å². The van der Waals surface area contributed by atoms with Gasteiger partial charge in [-0.05, 0) is 31.5 Å². The van der Waals surface area contributed by atoms with E-state index in [2.05, 4.69) is 10.3 Å². The molecule has 1 fully saturated rings. The van der Waals surface area contributed by atoms with Crippen LogP contribution in [0.4, 0.5) is 0 Å². The quantitative estimate of drug-likeness (QED) is 0.884. The highest BCUT2D eigenvalue weighted by Gasteiger charge is 2.23. The summed E-state index contributed by atoms with van der Waals surface area (Å²) in [5.41, 5.74) is 0. The van der Waals surface area contributed by atoms with Crippen LogP contribution in [0.5, 0.6) is 0 Å². The van der Waals surface area contributed by atoms with Gasteiger partial charge in [-0.1, -0.05) is 0 Å². The van der Waals surface area contributed by atoms with Crippen LogP contribution in [0.3, 0.4) is 0 Å². The third-order valence-corrected chi connectivity index (χ3v) is 4.42. The standard InChI is InChI=1S/C10H14N2O2S.ClH/c13-15(14,8-9-2-1-5-12-9)10-3-6-11-7-4-10;/h3-4,6-7,9,12H,1-2,5,8H2;1H. The fraction of sp³-hybridized carbons (Fsp3) is 0.500. The summed E-state index contributed by atoms with van der Waals surface area (Å²) in [5.74, 6) is 0.191. The largest absolute Gasteiger partial charge is 0.313 e. The van der Waals surface area contributed by atoms with Crippen molar-refractivity contribution in [3.63, 3.8) is 0 Å². The second-order valence-electron chi connectivity index (χ2n) is 3.76. The molecule has 1 aliphatic heterocycles. The predicted molar refractivity (Wildman–Crippen MR) is 64.6 cm³/mol. The van der Waals surface area contributed by atoms with Crippen LogP contribution in [0.25, 0.3) is 0 Å². The minimum atomic E-state index is -3.15. The number of hydrogen-bond acceptors (Lipinski definition) is 4. The number of rotatable bonds is 3. The van der Waals surface area contributed by atoms with Crippen molar-refractivity contribution >= 4 is 22.2 Å². The lowest BCUT2D eigenvalue weighted by Gasteiger charge is -2.10. The molecule has 0 bridgehead atoms. The van der Waals surface area contributed by atoms with Crippen molar-refractivity contribution in [3.8, 4) is 0 Å². The minimum absolute atomic E-state index is 0. The number of aromatic nitrogens is 1. The SMILES string of the molecule is Cl.O=S(=O)(CC1CCCN1)c1ccncc1. The first kappa shape index (κ1) is 13.4. The molecule has 6 heteroatoms. The van der Waals surface area contributed by atoms with Gasteiger partial charge >= 0.3 is 0 Å². The summed E-state index contributed by atoms with van der Waals surface area (Å²) in [6.07, 6.45) is 5.03. The maximum absolute atomic E-state index is 11.9. The molecule has 4 nitrogen and oxygen atoms in total. The Morgan fingerprint density at radius 1 is 1.38 bits per heavy atom. The smallest absolute Gasteiger partial charge is 0.180 e. The van der Waals surface area contributed by atoms with Crippen molar-refractivity contribution in [2.24, 2.45) is 0 Å². The fourth-order valence-electron chi connectivity index (χ4n) is 1.81. The van der Waals surface area contributed by atoms with E-state index in [9.17, 15) is 8.42 Å². The van der Waals surface area contributed by atoms with E-state index in [0.29, 0.717) is 4.90 Å². The van der Waals surface area contributed by atoms with Gasteiger partial charge in [0.2, 0.25) is 0 Å². The molecule has 16 heavy (non-hydrogen) atoms. The Bertz CT molecular complexity index is 416. The first-order valence-corrected chi connectivity index (χ1v) is 6.70. The average molecular weight is 263 g/mol. The summed E-state index contributed by atoms with van der Waals surface area (Å²) in [6, 6.07) is 3.21. The number of nitrogens with one attached hydrogen (secondary N) is 1. The van der Waals surface area contributed by atoms with Gasteiger partial charge in [-0.25, -0.2) is 8.42 Å². The lowest BCUT2D eigenvalue weighted by atomic mass is 10.3. The van der Waals surface area contributed by atoms with Gasteiger partial charge in [0.25, 0.3) is 0 Å². The summed E-state index contributed by atoms with van der Waals surface area (Å²) in [6.45, 7) is 0.927. The molecule has 0 radical (unpaired) electrons. The molecule has 1 unspecified atom stereocenters. The van der Waals surface area contributed by atoms with E-state index in [1.165, 1.54) is 12.4 Å². The zero-order chi connectivity index (χ0) is 10.7. The Balaban J connectivity index is 0.00000128. The van der Waals surface area contributed by atoms with Gasteiger partial charge in [0.1, 0.15) is 0 Å². The van der Waals surface area contributed by atoms with Crippen LogP contribution in [0.15, 0.2) is 29.4 Å². The highest BCUT2D eigenvalue weighted by atomic mass is 35.5. The van der Waals surface area contributed by atoms with E-state index in [1.54, 1.807) is 12.1 Å². The summed E-state index contributed by atoms with van der Waals surface area (Å²) in [7, 11) is -3.15. The molecule has 2 rings (SSSR count). The van der Waals surface area contributed by atoms with Crippen LogP contribution in [0, 0.1) is 0 Å². The summed E-state index contributed by atoms with van der Waals surface area (Å²) < 4.78 is 23.8. The molecular formula is C10H15ClN2O2S. The zero-order valence-electron chi connectivity index (χ0n) is 8.80. The van der Waals surface area contributed by atoms with E-state index in [1.807, 2.05) is 0 Å². The van der Waals surface area contributed by atoms with Crippen LogP contribution >= 0.6 is 12.4 Å². The number of hydrogen-bond donors (Lipinski definition) is 1. The predicted octanol–water partition coefficient (Wildman–Crippen LogP) is 1.03. The summed E-state index contributed by atoms with van der Waals surface area (Å²) in [4.78, 5) is 4.18. The topological polar surface area (TPSA) is 59.1 Å². The van der Waals surface area contributed by atoms with Crippen molar-refractivity contribution < 1.29 is 8.42 Å². The van der Waals surface area contributed by atoms with Gasteiger partial charge in [0, 0.05) is 18.4 Å². The second-order valence-corrected chi connectivity index (χ2v) is 5.79. The summed E-state index contributed by atoms with van der Waals surface area (Å²) in [5, 5.41) is 3.19. The lowest BCUT2D eigenvalue weighted by Crippen LogP contribution is -2.29. The monoisotopic (exact) mass is 262 g/mol. The summed E-state index contributed by atoms with van der Waals surface area (Å²) >= 11 is 0. The van der Waals surface area contributed by atoms with Crippen LogP contribution < -0.4 is 5.32 Å². The molecule has 1 N–H and O–H groups in total. The van der Waals surface area contributed by atoms with E-state index >= 15 is 0 Å². The molecular weight excluding hydrogens is 248 g/mol. The van der Waals surface area contributed by atoms with Gasteiger partial charge < -0.3 is 5.32 Å². The third kappa shape index (κ3) is 3.17. The van der Waals surface area contributed by atoms with Crippen molar-refractivity contribution in [1.82, 2.24) is 10.3 Å². The zero-order valence-corrected chi connectivity index (χ0v) is 10.4. The Morgan fingerprint density at radius 2 is 2.06 bits per heavy atom. The highest BCUT2D eigenvalue weighted by molar-refractivity contribution is 7.91. The molecule has 0 aromatic carbocycles. The second kappa shape index (κ2) is 5.61. The third-order valence-electron chi connectivity index (χ3n) is 2.59. The molecule has 0 aliphatic carbocycles. The molecule has 0 saturated carbocycles. The fourth-order valence-corrected chi connectivity index (χ4v) is 3.35. The number of sulfone groups is 1. The van der Waals surface area contributed by atoms with Crippen LogP contribution in [0.2, 0.25) is 0 Å². The maximum atomic E-state index is 11.9. The van der Waals surface area contributed by atoms with E-state index < -0.39 is 9.84 Å².